The molecule has 1 atom stereocenters. The molecule has 1 heterocycles. The Balaban J connectivity index is 1.86. The molecule has 1 saturated heterocycles. The van der Waals surface area contributed by atoms with Crippen LogP contribution >= 0.6 is 0 Å². The van der Waals surface area contributed by atoms with Gasteiger partial charge in [0.25, 0.3) is 0 Å². The number of sulfonamides is 1. The van der Waals surface area contributed by atoms with Crippen LogP contribution in [0, 0.1) is 18.8 Å². The van der Waals surface area contributed by atoms with Crippen molar-refractivity contribution in [2.45, 2.75) is 31.6 Å². The molecule has 0 saturated carbocycles. The van der Waals surface area contributed by atoms with Gasteiger partial charge in [-0.05, 0) is 51.9 Å². The van der Waals surface area contributed by atoms with E-state index in [0.717, 1.165) is 12.1 Å². The zero-order valence-corrected chi connectivity index (χ0v) is 17.1. The Morgan fingerprint density at radius 2 is 1.81 bits per heavy atom. The molecule has 0 spiro atoms. The molecule has 0 aromatic heterocycles. The number of benzene rings is 1. The summed E-state index contributed by atoms with van der Waals surface area (Å²) in [6.45, 7) is 6.40. The van der Waals surface area contributed by atoms with Crippen molar-refractivity contribution in [3.63, 3.8) is 0 Å². The van der Waals surface area contributed by atoms with Gasteiger partial charge in [0, 0.05) is 32.1 Å². The molecule has 1 fully saturated rings. The van der Waals surface area contributed by atoms with Crippen LogP contribution in [-0.4, -0.2) is 63.8 Å². The molecule has 0 unspecified atom stereocenters. The SMILES string of the molecule is Cc1ccc(S(=O)(=O)N2CCC(C(=O)NC[C@@H](C)CN(C)C)CC2)cc1. The number of rotatable bonds is 7. The first-order chi connectivity index (χ1) is 12.2. The average molecular weight is 382 g/mol. The molecule has 1 amide bonds. The molecular formula is C19H31N3O3S. The zero-order valence-electron chi connectivity index (χ0n) is 16.2. The molecule has 0 aliphatic carbocycles. The summed E-state index contributed by atoms with van der Waals surface area (Å²) in [5, 5.41) is 3.02. The van der Waals surface area contributed by atoms with Crippen LogP contribution in [0.3, 0.4) is 0 Å². The quantitative estimate of drug-likeness (QED) is 0.781. The fourth-order valence-electron chi connectivity index (χ4n) is 3.32. The van der Waals surface area contributed by atoms with Crippen molar-refractivity contribution in [1.29, 1.82) is 0 Å². The van der Waals surface area contributed by atoms with E-state index in [0.29, 0.717) is 43.3 Å². The Morgan fingerprint density at radius 1 is 1.23 bits per heavy atom. The number of aryl methyl sites for hydroxylation is 1. The van der Waals surface area contributed by atoms with Gasteiger partial charge in [-0.1, -0.05) is 24.6 Å². The molecule has 0 bridgehead atoms. The Labute approximate surface area is 157 Å². The lowest BCUT2D eigenvalue weighted by molar-refractivity contribution is -0.126. The predicted octanol–water partition coefficient (Wildman–Crippen LogP) is 1.71. The van der Waals surface area contributed by atoms with E-state index in [1.54, 1.807) is 12.1 Å². The lowest BCUT2D eigenvalue weighted by Gasteiger charge is -2.31. The highest BCUT2D eigenvalue weighted by Crippen LogP contribution is 2.24. The maximum Gasteiger partial charge on any atom is 0.243 e. The van der Waals surface area contributed by atoms with Crippen LogP contribution in [0.5, 0.6) is 0 Å². The molecule has 26 heavy (non-hydrogen) atoms. The molecule has 2 rings (SSSR count). The van der Waals surface area contributed by atoms with E-state index in [1.807, 2.05) is 33.2 Å². The first kappa shape index (κ1) is 20.9. The highest BCUT2D eigenvalue weighted by atomic mass is 32.2. The third kappa shape index (κ3) is 5.53. The number of nitrogens with zero attached hydrogens (tertiary/aromatic N) is 2. The van der Waals surface area contributed by atoms with Crippen molar-refractivity contribution in [2.75, 3.05) is 40.3 Å². The molecule has 1 aliphatic heterocycles. The van der Waals surface area contributed by atoms with Crippen molar-refractivity contribution in [2.24, 2.45) is 11.8 Å². The number of carbonyl (C=O) groups is 1. The molecule has 7 heteroatoms. The number of nitrogens with one attached hydrogen (secondary N) is 1. The minimum Gasteiger partial charge on any atom is -0.356 e. The summed E-state index contributed by atoms with van der Waals surface area (Å²) in [6, 6.07) is 6.91. The second kappa shape index (κ2) is 8.97. The maximum atomic E-state index is 12.7. The molecule has 1 aliphatic rings. The fourth-order valence-corrected chi connectivity index (χ4v) is 4.79. The van der Waals surface area contributed by atoms with Gasteiger partial charge in [0.15, 0.2) is 0 Å². The summed E-state index contributed by atoms with van der Waals surface area (Å²) in [6.07, 6.45) is 1.14. The molecule has 1 aromatic carbocycles. The van der Waals surface area contributed by atoms with Crippen molar-refractivity contribution >= 4 is 15.9 Å². The summed E-state index contributed by atoms with van der Waals surface area (Å²) in [5.74, 6) is 0.324. The van der Waals surface area contributed by atoms with Crippen LogP contribution in [0.25, 0.3) is 0 Å². The van der Waals surface area contributed by atoms with E-state index in [2.05, 4.69) is 17.1 Å². The number of hydrogen-bond donors (Lipinski definition) is 1. The minimum atomic E-state index is -3.47. The van der Waals surface area contributed by atoms with Gasteiger partial charge >= 0.3 is 0 Å². The minimum absolute atomic E-state index is 0.0444. The fraction of sp³-hybridized carbons (Fsp3) is 0.632. The Morgan fingerprint density at radius 3 is 2.35 bits per heavy atom. The lowest BCUT2D eigenvalue weighted by atomic mass is 9.97. The van der Waals surface area contributed by atoms with Crippen molar-refractivity contribution in [1.82, 2.24) is 14.5 Å². The van der Waals surface area contributed by atoms with E-state index in [-0.39, 0.29) is 11.8 Å². The highest BCUT2D eigenvalue weighted by Gasteiger charge is 2.32. The normalized spacial score (nSPS) is 18.0. The molecule has 1 N–H and O–H groups in total. The van der Waals surface area contributed by atoms with Crippen LogP contribution in [0.15, 0.2) is 29.2 Å². The van der Waals surface area contributed by atoms with E-state index < -0.39 is 10.0 Å². The van der Waals surface area contributed by atoms with Gasteiger partial charge in [0.05, 0.1) is 4.90 Å². The monoisotopic (exact) mass is 381 g/mol. The first-order valence-electron chi connectivity index (χ1n) is 9.19. The van der Waals surface area contributed by atoms with Gasteiger partial charge in [0.2, 0.25) is 15.9 Å². The van der Waals surface area contributed by atoms with Crippen molar-refractivity contribution < 1.29 is 13.2 Å². The molecule has 0 radical (unpaired) electrons. The molecular weight excluding hydrogens is 350 g/mol. The molecule has 6 nitrogen and oxygen atoms in total. The van der Waals surface area contributed by atoms with E-state index in [9.17, 15) is 13.2 Å². The van der Waals surface area contributed by atoms with Crippen LogP contribution < -0.4 is 5.32 Å². The highest BCUT2D eigenvalue weighted by molar-refractivity contribution is 7.89. The topological polar surface area (TPSA) is 69.7 Å². The van der Waals surface area contributed by atoms with Gasteiger partial charge in [-0.25, -0.2) is 8.42 Å². The Bertz CT molecular complexity index is 693. The zero-order chi connectivity index (χ0) is 19.3. The standard InChI is InChI=1S/C19H31N3O3S/c1-15-5-7-18(8-6-15)26(24,25)22-11-9-17(10-12-22)19(23)20-13-16(2)14-21(3)4/h5-8,16-17H,9-14H2,1-4H3,(H,20,23)/t16-/m1/s1. The lowest BCUT2D eigenvalue weighted by Crippen LogP contribution is -2.44. The van der Waals surface area contributed by atoms with Crippen molar-refractivity contribution in [3.05, 3.63) is 29.8 Å². The number of hydrogen-bond acceptors (Lipinski definition) is 4. The number of piperidine rings is 1. The predicted molar refractivity (Wildman–Crippen MR) is 103 cm³/mol. The first-order valence-corrected chi connectivity index (χ1v) is 10.6. The largest absolute Gasteiger partial charge is 0.356 e. The van der Waals surface area contributed by atoms with Crippen molar-refractivity contribution in [3.8, 4) is 0 Å². The molecule has 1 aromatic rings. The third-order valence-corrected chi connectivity index (χ3v) is 6.70. The van der Waals surface area contributed by atoms with Gasteiger partial charge in [-0.2, -0.15) is 4.31 Å². The van der Waals surface area contributed by atoms with Gasteiger partial charge in [0.1, 0.15) is 0 Å². The van der Waals surface area contributed by atoms with E-state index in [1.165, 1.54) is 4.31 Å². The van der Waals surface area contributed by atoms with Gasteiger partial charge in [-0.3, -0.25) is 4.79 Å². The van der Waals surface area contributed by atoms with E-state index in [4.69, 9.17) is 0 Å². The Kier molecular flexibility index (Phi) is 7.20. The smallest absolute Gasteiger partial charge is 0.243 e. The van der Waals surface area contributed by atoms with Crippen LogP contribution in [0.4, 0.5) is 0 Å². The summed E-state index contributed by atoms with van der Waals surface area (Å²) in [4.78, 5) is 14.8. The summed E-state index contributed by atoms with van der Waals surface area (Å²) in [5.41, 5.74) is 1.03. The maximum absolute atomic E-state index is 12.7. The summed E-state index contributed by atoms with van der Waals surface area (Å²) < 4.78 is 26.9. The summed E-state index contributed by atoms with van der Waals surface area (Å²) >= 11 is 0. The number of carbonyl (C=O) groups excluding carboxylic acids is 1. The summed E-state index contributed by atoms with van der Waals surface area (Å²) in [7, 11) is 0.562. The molecule has 146 valence electrons. The second-order valence-electron chi connectivity index (χ2n) is 7.60. The van der Waals surface area contributed by atoms with Gasteiger partial charge in [-0.15, -0.1) is 0 Å². The second-order valence-corrected chi connectivity index (χ2v) is 9.54. The van der Waals surface area contributed by atoms with Gasteiger partial charge < -0.3 is 10.2 Å². The van der Waals surface area contributed by atoms with E-state index >= 15 is 0 Å². The number of amides is 1. The third-order valence-electron chi connectivity index (χ3n) is 4.79. The van der Waals surface area contributed by atoms with Crippen LogP contribution in [-0.2, 0) is 14.8 Å². The van der Waals surface area contributed by atoms with Crippen LogP contribution in [0.2, 0.25) is 0 Å². The average Bonchev–Trinajstić information content (AvgIpc) is 2.59. The van der Waals surface area contributed by atoms with Crippen LogP contribution in [0.1, 0.15) is 25.3 Å². The Hall–Kier alpha value is -1.44.